The van der Waals surface area contributed by atoms with E-state index in [9.17, 15) is 4.79 Å². The highest BCUT2D eigenvalue weighted by Gasteiger charge is 2.28. The summed E-state index contributed by atoms with van der Waals surface area (Å²) in [6.45, 7) is 11.2. The first-order valence-corrected chi connectivity index (χ1v) is 8.06. The van der Waals surface area contributed by atoms with E-state index in [-0.39, 0.29) is 11.9 Å². The molecule has 1 aliphatic rings. The average molecular weight is 288 g/mol. The molecule has 0 aromatic heterocycles. The number of hydrogen-bond acceptors (Lipinski definition) is 2. The smallest absolute Gasteiger partial charge is 0.240 e. The van der Waals surface area contributed by atoms with Crippen molar-refractivity contribution in [2.75, 3.05) is 13.1 Å². The van der Waals surface area contributed by atoms with Gasteiger partial charge in [-0.3, -0.25) is 4.79 Å². The van der Waals surface area contributed by atoms with Crippen molar-refractivity contribution in [1.29, 1.82) is 0 Å². The van der Waals surface area contributed by atoms with Crippen LogP contribution in [0.4, 0.5) is 0 Å². The molecule has 2 rings (SSSR count). The number of nitrogens with one attached hydrogen (secondary N) is 1. The van der Waals surface area contributed by atoms with Crippen LogP contribution in [0.25, 0.3) is 0 Å². The van der Waals surface area contributed by atoms with Crippen LogP contribution >= 0.6 is 0 Å². The molecular formula is C18H28N2O. The summed E-state index contributed by atoms with van der Waals surface area (Å²) in [7, 11) is 0. The van der Waals surface area contributed by atoms with Crippen molar-refractivity contribution in [1.82, 2.24) is 10.2 Å². The van der Waals surface area contributed by atoms with Crippen molar-refractivity contribution in [3.8, 4) is 0 Å². The molecule has 21 heavy (non-hydrogen) atoms. The lowest BCUT2D eigenvalue weighted by Gasteiger charge is -2.33. The van der Waals surface area contributed by atoms with Crippen molar-refractivity contribution < 1.29 is 4.79 Å². The number of fused-ring (bicyclic) bond motifs is 1. The summed E-state index contributed by atoms with van der Waals surface area (Å²) in [6.07, 6.45) is 0.807. The van der Waals surface area contributed by atoms with Gasteiger partial charge < -0.3 is 10.2 Å². The Balaban J connectivity index is 2.07. The van der Waals surface area contributed by atoms with Gasteiger partial charge in [-0.1, -0.05) is 52.0 Å². The highest BCUT2D eigenvalue weighted by molar-refractivity contribution is 5.82. The second kappa shape index (κ2) is 7.08. The van der Waals surface area contributed by atoms with Gasteiger partial charge in [0.2, 0.25) is 5.91 Å². The Kier molecular flexibility index (Phi) is 5.40. The molecule has 0 bridgehead atoms. The number of benzene rings is 1. The molecule has 0 radical (unpaired) electrons. The Morgan fingerprint density at radius 2 is 1.71 bits per heavy atom. The second-order valence-corrected chi connectivity index (χ2v) is 6.94. The van der Waals surface area contributed by atoms with Crippen molar-refractivity contribution >= 4 is 5.91 Å². The molecular weight excluding hydrogens is 260 g/mol. The largest absolute Gasteiger partial charge is 0.341 e. The molecule has 0 fully saturated rings. The van der Waals surface area contributed by atoms with Crippen LogP contribution in [-0.2, 0) is 17.8 Å². The zero-order valence-corrected chi connectivity index (χ0v) is 13.7. The van der Waals surface area contributed by atoms with Crippen molar-refractivity contribution in [2.45, 2.75) is 46.7 Å². The Hall–Kier alpha value is -1.35. The minimum Gasteiger partial charge on any atom is -0.341 e. The van der Waals surface area contributed by atoms with Crippen LogP contribution in [0.15, 0.2) is 24.3 Å². The second-order valence-electron chi connectivity index (χ2n) is 6.94. The fraction of sp³-hybridized carbons (Fsp3) is 0.611. The minimum atomic E-state index is -0.0719. The quantitative estimate of drug-likeness (QED) is 0.903. The molecule has 3 nitrogen and oxygen atoms in total. The first-order valence-electron chi connectivity index (χ1n) is 8.06. The number of carbonyl (C=O) groups excluding carboxylic acids is 1. The first kappa shape index (κ1) is 16.0. The van der Waals surface area contributed by atoms with Gasteiger partial charge in [-0.05, 0) is 29.4 Å². The Morgan fingerprint density at radius 3 is 2.29 bits per heavy atom. The van der Waals surface area contributed by atoms with E-state index in [1.165, 1.54) is 11.1 Å². The molecule has 1 N–H and O–H groups in total. The summed E-state index contributed by atoms with van der Waals surface area (Å²) in [5, 5.41) is 3.41. The molecule has 0 saturated carbocycles. The van der Waals surface area contributed by atoms with Gasteiger partial charge in [-0.25, -0.2) is 0 Å². The lowest BCUT2D eigenvalue weighted by atomic mass is 9.95. The minimum absolute atomic E-state index is 0.0719. The van der Waals surface area contributed by atoms with E-state index >= 15 is 0 Å². The molecule has 1 amide bonds. The Labute approximate surface area is 128 Å². The van der Waals surface area contributed by atoms with Gasteiger partial charge in [0.15, 0.2) is 0 Å². The van der Waals surface area contributed by atoms with Crippen LogP contribution in [-0.4, -0.2) is 29.9 Å². The van der Waals surface area contributed by atoms with Gasteiger partial charge in [-0.2, -0.15) is 0 Å². The van der Waals surface area contributed by atoms with E-state index in [4.69, 9.17) is 0 Å². The summed E-state index contributed by atoms with van der Waals surface area (Å²) in [5.41, 5.74) is 2.63. The number of carbonyl (C=O) groups is 1. The number of amides is 1. The molecule has 1 atom stereocenters. The fourth-order valence-electron chi connectivity index (χ4n) is 2.99. The molecule has 0 saturated heterocycles. The maximum absolute atomic E-state index is 12.8. The van der Waals surface area contributed by atoms with E-state index in [2.05, 4.69) is 57.3 Å². The normalized spacial score (nSPS) is 17.9. The summed E-state index contributed by atoms with van der Waals surface area (Å²) >= 11 is 0. The van der Waals surface area contributed by atoms with E-state index in [0.29, 0.717) is 11.8 Å². The van der Waals surface area contributed by atoms with E-state index in [1.54, 1.807) is 0 Å². The molecule has 0 unspecified atom stereocenters. The van der Waals surface area contributed by atoms with E-state index < -0.39 is 0 Å². The third-order valence-corrected chi connectivity index (χ3v) is 3.86. The average Bonchev–Trinajstić information content (AvgIpc) is 2.44. The molecule has 0 spiro atoms. The molecule has 1 aromatic rings. The predicted molar refractivity (Wildman–Crippen MR) is 87.0 cm³/mol. The topological polar surface area (TPSA) is 32.3 Å². The van der Waals surface area contributed by atoms with Crippen LogP contribution in [0.1, 0.15) is 38.8 Å². The summed E-state index contributed by atoms with van der Waals surface area (Å²) in [6, 6.07) is 8.34. The third kappa shape index (κ3) is 4.31. The van der Waals surface area contributed by atoms with Gasteiger partial charge in [0.25, 0.3) is 0 Å². The molecule has 1 aliphatic heterocycles. The maximum atomic E-state index is 12.8. The fourth-order valence-corrected chi connectivity index (χ4v) is 2.99. The molecule has 0 aliphatic carbocycles. The van der Waals surface area contributed by atoms with Crippen LogP contribution in [0, 0.1) is 11.8 Å². The first-order chi connectivity index (χ1) is 9.97. The number of hydrogen-bond donors (Lipinski definition) is 1. The van der Waals surface area contributed by atoms with Crippen LogP contribution in [0.5, 0.6) is 0 Å². The van der Waals surface area contributed by atoms with Crippen molar-refractivity contribution in [3.05, 3.63) is 35.4 Å². The SMILES string of the molecule is CC(C)CN(CC(C)C)C(=O)[C@@H]1Cc2ccccc2CN1. The lowest BCUT2D eigenvalue weighted by molar-refractivity contribution is -0.134. The zero-order chi connectivity index (χ0) is 15.4. The predicted octanol–water partition coefficient (Wildman–Crippen LogP) is 2.84. The van der Waals surface area contributed by atoms with Crippen LogP contribution < -0.4 is 5.32 Å². The van der Waals surface area contributed by atoms with Crippen molar-refractivity contribution in [2.24, 2.45) is 11.8 Å². The monoisotopic (exact) mass is 288 g/mol. The standard InChI is InChI=1S/C18H28N2O/c1-13(2)11-20(12-14(3)4)18(21)17-9-15-7-5-6-8-16(15)10-19-17/h5-8,13-14,17,19H,9-12H2,1-4H3/t17-/m0/s1. The maximum Gasteiger partial charge on any atom is 0.240 e. The van der Waals surface area contributed by atoms with Gasteiger partial charge in [0, 0.05) is 19.6 Å². The summed E-state index contributed by atoms with van der Waals surface area (Å²) in [4.78, 5) is 14.9. The van der Waals surface area contributed by atoms with Gasteiger partial charge in [0.05, 0.1) is 6.04 Å². The summed E-state index contributed by atoms with van der Waals surface area (Å²) in [5.74, 6) is 1.26. The number of nitrogens with zero attached hydrogens (tertiary/aromatic N) is 1. The molecule has 3 heteroatoms. The summed E-state index contributed by atoms with van der Waals surface area (Å²) < 4.78 is 0. The van der Waals surface area contributed by atoms with Gasteiger partial charge >= 0.3 is 0 Å². The van der Waals surface area contributed by atoms with E-state index in [0.717, 1.165) is 26.1 Å². The highest BCUT2D eigenvalue weighted by atomic mass is 16.2. The lowest BCUT2D eigenvalue weighted by Crippen LogP contribution is -2.51. The van der Waals surface area contributed by atoms with Gasteiger partial charge in [-0.15, -0.1) is 0 Å². The van der Waals surface area contributed by atoms with Crippen LogP contribution in [0.2, 0.25) is 0 Å². The Bertz CT molecular complexity index is 472. The Morgan fingerprint density at radius 1 is 1.14 bits per heavy atom. The van der Waals surface area contributed by atoms with Gasteiger partial charge in [0.1, 0.15) is 0 Å². The highest BCUT2D eigenvalue weighted by Crippen LogP contribution is 2.18. The zero-order valence-electron chi connectivity index (χ0n) is 13.7. The molecule has 1 aromatic carbocycles. The number of rotatable bonds is 5. The molecule has 116 valence electrons. The van der Waals surface area contributed by atoms with Crippen LogP contribution in [0.3, 0.4) is 0 Å². The van der Waals surface area contributed by atoms with Crippen molar-refractivity contribution in [3.63, 3.8) is 0 Å². The third-order valence-electron chi connectivity index (χ3n) is 3.86. The molecule has 1 heterocycles. The van der Waals surface area contributed by atoms with E-state index in [1.807, 2.05) is 4.90 Å².